The number of fused-ring (bicyclic) bond motifs is 1. The third kappa shape index (κ3) is 9.17. The first-order valence-electron chi connectivity index (χ1n) is 9.67. The Morgan fingerprint density at radius 3 is 2.23 bits per heavy atom. The fourth-order valence-electron chi connectivity index (χ4n) is 2.94. The molecule has 0 saturated carbocycles. The first kappa shape index (κ1) is 29.2. The minimum Gasteiger partial charge on any atom is -0.497 e. The number of halogens is 7. The zero-order valence-electron chi connectivity index (χ0n) is 18.1. The van der Waals surface area contributed by atoms with Crippen molar-refractivity contribution in [3.05, 3.63) is 30.6 Å². The van der Waals surface area contributed by atoms with Crippen LogP contribution in [0.15, 0.2) is 40.5 Å². The molecule has 0 radical (unpaired) electrons. The highest BCUT2D eigenvalue weighted by atomic mass is 35.5. The van der Waals surface area contributed by atoms with Gasteiger partial charge in [0, 0.05) is 11.4 Å². The maximum Gasteiger partial charge on any atom is 0.392 e. The number of anilines is 1. The summed E-state index contributed by atoms with van der Waals surface area (Å²) in [6, 6.07) is 7.23. The Balaban J connectivity index is 0.00000432. The second kappa shape index (κ2) is 12.3. The van der Waals surface area contributed by atoms with Crippen LogP contribution in [-0.2, 0) is 11.3 Å². The maximum absolute atomic E-state index is 12.6. The second-order valence-corrected chi connectivity index (χ2v) is 10.3. The third-order valence-corrected chi connectivity index (χ3v) is 7.42. The molecule has 0 aliphatic heterocycles. The molecule has 0 unspecified atom stereocenters. The van der Waals surface area contributed by atoms with Gasteiger partial charge in [-0.2, -0.15) is 31.3 Å². The predicted octanol–water partition coefficient (Wildman–Crippen LogP) is 5.57. The van der Waals surface area contributed by atoms with Crippen LogP contribution in [0.3, 0.4) is 0 Å². The highest BCUT2D eigenvalue weighted by Gasteiger charge is 2.38. The topological polar surface area (TPSA) is 88.1 Å². The molecule has 0 amide bonds. The number of nitrogens with two attached hydrogens (primary N) is 1. The summed E-state index contributed by atoms with van der Waals surface area (Å²) in [5.74, 6) is 0.681. The molecule has 1 aromatic carbocycles. The van der Waals surface area contributed by atoms with Crippen molar-refractivity contribution in [2.24, 2.45) is 0 Å². The van der Waals surface area contributed by atoms with Gasteiger partial charge in [-0.25, -0.2) is 9.97 Å². The highest BCUT2D eigenvalue weighted by molar-refractivity contribution is 7.99. The van der Waals surface area contributed by atoms with Gasteiger partial charge in [0.15, 0.2) is 5.65 Å². The summed E-state index contributed by atoms with van der Waals surface area (Å²) in [6.45, 7) is -0.00826. The molecule has 0 aliphatic carbocycles. The number of nitrogen functional groups attached to an aromatic ring is 1. The number of imidazole rings is 1. The van der Waals surface area contributed by atoms with Gasteiger partial charge < -0.3 is 19.8 Å². The maximum atomic E-state index is 12.6. The molecular weight excluding hydrogens is 543 g/mol. The first-order chi connectivity index (χ1) is 15.9. The van der Waals surface area contributed by atoms with Crippen LogP contribution in [0, 0.1) is 0 Å². The van der Waals surface area contributed by atoms with E-state index < -0.39 is 38.9 Å². The average molecular weight is 564 g/mol. The summed E-state index contributed by atoms with van der Waals surface area (Å²) in [7, 11) is -0.881. The molecule has 0 atom stereocenters. The number of hydrogen-bond acceptors (Lipinski definition) is 7. The van der Waals surface area contributed by atoms with Crippen LogP contribution in [0.2, 0.25) is 0 Å². The summed E-state index contributed by atoms with van der Waals surface area (Å²) in [5.41, 5.74) is 6.65. The van der Waals surface area contributed by atoms with Crippen LogP contribution in [0.4, 0.5) is 32.3 Å². The average Bonchev–Trinajstić information content (AvgIpc) is 3.12. The fourth-order valence-corrected chi connectivity index (χ4v) is 5.51. The Kier molecular flexibility index (Phi) is 10.3. The van der Waals surface area contributed by atoms with Gasteiger partial charge in [0.1, 0.15) is 16.3 Å². The van der Waals surface area contributed by atoms with Crippen molar-refractivity contribution in [3.63, 3.8) is 0 Å². The lowest BCUT2D eigenvalue weighted by molar-refractivity contribution is -0.112. The monoisotopic (exact) mass is 563 g/mol. The zero-order chi connectivity index (χ0) is 24.9. The lowest BCUT2D eigenvalue weighted by Crippen LogP contribution is -2.22. The summed E-state index contributed by atoms with van der Waals surface area (Å²) in [6.07, 6.45) is -11.6. The Morgan fingerprint density at radius 2 is 1.66 bits per heavy atom. The van der Waals surface area contributed by atoms with Crippen LogP contribution in [0.25, 0.3) is 11.2 Å². The number of benzene rings is 1. The molecule has 0 bridgehead atoms. The Bertz CT molecular complexity index is 1080. The van der Waals surface area contributed by atoms with E-state index in [1.54, 1.807) is 23.8 Å². The van der Waals surface area contributed by atoms with E-state index in [9.17, 15) is 26.3 Å². The molecule has 35 heavy (non-hydrogen) atoms. The van der Waals surface area contributed by atoms with Crippen molar-refractivity contribution >= 4 is 49.2 Å². The Labute approximate surface area is 208 Å². The van der Waals surface area contributed by atoms with Crippen LogP contribution < -0.4 is 10.5 Å². The van der Waals surface area contributed by atoms with Crippen LogP contribution in [-0.4, -0.2) is 64.3 Å². The van der Waals surface area contributed by atoms with Crippen LogP contribution >= 0.6 is 32.1 Å². The molecule has 2 N–H and O–H groups in total. The van der Waals surface area contributed by atoms with E-state index in [0.29, 0.717) is 21.9 Å². The lowest BCUT2D eigenvalue weighted by atomic mass is 10.3. The number of nitrogens with zero attached hydrogens (tertiary/aromatic N) is 4. The van der Waals surface area contributed by atoms with Crippen molar-refractivity contribution in [3.8, 4) is 5.75 Å². The largest absolute Gasteiger partial charge is 0.497 e. The van der Waals surface area contributed by atoms with Crippen LogP contribution in [0.1, 0.15) is 0 Å². The normalized spacial score (nSPS) is 12.2. The van der Waals surface area contributed by atoms with E-state index in [2.05, 4.69) is 15.0 Å². The summed E-state index contributed by atoms with van der Waals surface area (Å²) >= 11 is 1.30. The predicted molar refractivity (Wildman–Crippen MR) is 124 cm³/mol. The SMILES string of the molecule is COc1ccc(Sc2nc(N)nc3c2ncn3CCOCP(CC(F)(F)F)CC(F)(F)F)cc1.Cl. The molecule has 3 rings (SSSR count). The summed E-state index contributed by atoms with van der Waals surface area (Å²) in [5, 5.41) is 0.492. The van der Waals surface area contributed by atoms with Gasteiger partial charge in [-0.1, -0.05) is 19.7 Å². The van der Waals surface area contributed by atoms with E-state index in [1.807, 2.05) is 12.1 Å². The van der Waals surface area contributed by atoms with Gasteiger partial charge in [0.2, 0.25) is 5.95 Å². The number of alkyl halides is 6. The molecule has 2 aromatic heterocycles. The lowest BCUT2D eigenvalue weighted by Gasteiger charge is -2.20. The molecule has 0 fully saturated rings. The van der Waals surface area contributed by atoms with E-state index in [4.69, 9.17) is 15.2 Å². The van der Waals surface area contributed by atoms with Gasteiger partial charge in [0.25, 0.3) is 0 Å². The Hall–Kier alpha value is -2.02. The fraction of sp³-hybridized carbons (Fsp3) is 0.421. The number of methoxy groups -OCH3 is 1. The van der Waals surface area contributed by atoms with E-state index in [0.717, 1.165) is 4.90 Å². The molecule has 0 spiro atoms. The van der Waals surface area contributed by atoms with Gasteiger partial charge in [-0.05, 0) is 24.3 Å². The van der Waals surface area contributed by atoms with Crippen molar-refractivity contribution in [1.82, 2.24) is 19.5 Å². The van der Waals surface area contributed by atoms with Gasteiger partial charge in [0.05, 0.1) is 38.7 Å². The van der Waals surface area contributed by atoms with Crippen LogP contribution in [0.5, 0.6) is 5.75 Å². The number of rotatable bonds is 10. The van der Waals surface area contributed by atoms with Gasteiger partial charge in [-0.3, -0.25) is 0 Å². The number of ether oxygens (including phenoxy) is 2. The molecule has 194 valence electrons. The quantitative estimate of drug-likeness (QED) is 0.149. The smallest absolute Gasteiger partial charge is 0.392 e. The molecule has 2 heterocycles. The molecular formula is C19H21ClF6N5O2PS. The van der Waals surface area contributed by atoms with Crippen molar-refractivity contribution in [1.29, 1.82) is 0 Å². The standard InChI is InChI=1S/C19H20F6N5O2PS.ClH/c1-31-12-2-4-13(5-3-12)34-16-14-15(28-17(26)29-16)30(10-27-14)6-7-32-11-33(8-18(20,21)22)9-19(23,24)25;/h2-5,10H,6-9,11H2,1H3,(H2,26,28,29);1H. The zero-order valence-corrected chi connectivity index (χ0v) is 20.7. The third-order valence-electron chi connectivity index (χ3n) is 4.28. The number of aromatic nitrogens is 4. The summed E-state index contributed by atoms with van der Waals surface area (Å²) in [4.78, 5) is 13.5. The summed E-state index contributed by atoms with van der Waals surface area (Å²) < 4.78 is 87.5. The van der Waals surface area contributed by atoms with Crippen molar-refractivity contribution in [2.45, 2.75) is 28.8 Å². The molecule has 3 aromatic rings. The van der Waals surface area contributed by atoms with Crippen molar-refractivity contribution in [2.75, 3.05) is 38.1 Å². The number of hydrogen-bond donors (Lipinski definition) is 1. The van der Waals surface area contributed by atoms with Crippen molar-refractivity contribution < 1.29 is 35.8 Å². The highest BCUT2D eigenvalue weighted by Crippen LogP contribution is 2.45. The molecule has 0 saturated heterocycles. The van der Waals surface area contributed by atoms with E-state index in [1.165, 1.54) is 18.1 Å². The first-order valence-corrected chi connectivity index (χ1v) is 12.4. The van der Waals surface area contributed by atoms with Gasteiger partial charge in [-0.15, -0.1) is 12.4 Å². The molecule has 7 nitrogen and oxygen atoms in total. The Morgan fingerprint density at radius 1 is 1.03 bits per heavy atom. The minimum atomic E-state index is -4.69. The van der Waals surface area contributed by atoms with E-state index in [-0.39, 0.29) is 31.5 Å². The van der Waals surface area contributed by atoms with Gasteiger partial charge >= 0.3 is 12.4 Å². The molecule has 16 heteroatoms. The second-order valence-electron chi connectivity index (χ2n) is 7.03. The minimum absolute atomic E-state index is 0. The van der Waals surface area contributed by atoms with E-state index >= 15 is 0 Å². The molecule has 0 aliphatic rings.